The lowest BCUT2D eigenvalue weighted by atomic mass is 10.0. The minimum Gasteiger partial charge on any atom is -0.481 e. The maximum absolute atomic E-state index is 12.4. The van der Waals surface area contributed by atoms with E-state index in [9.17, 15) is 18.0 Å². The fourth-order valence-corrected chi connectivity index (χ4v) is 3.84. The van der Waals surface area contributed by atoms with Crippen molar-refractivity contribution in [1.82, 2.24) is 4.72 Å². The molecule has 0 aliphatic rings. The molecule has 0 aliphatic carbocycles. The van der Waals surface area contributed by atoms with Gasteiger partial charge in [0.15, 0.2) is 0 Å². The zero-order valence-electron chi connectivity index (χ0n) is 12.9. The summed E-state index contributed by atoms with van der Waals surface area (Å²) in [6.45, 7) is 3.15. The van der Waals surface area contributed by atoms with Gasteiger partial charge in [-0.15, -0.1) is 0 Å². The summed E-state index contributed by atoms with van der Waals surface area (Å²) < 4.78 is 31.8. The molecule has 0 amide bonds. The molecule has 9 heteroatoms. The Morgan fingerprint density at radius 3 is 2.43 bits per heavy atom. The van der Waals surface area contributed by atoms with Crippen LogP contribution in [0.5, 0.6) is 0 Å². The second-order valence-corrected chi connectivity index (χ2v) is 7.58. The highest BCUT2D eigenvalue weighted by Gasteiger charge is 2.28. The van der Waals surface area contributed by atoms with Crippen LogP contribution in [-0.2, 0) is 19.6 Å². The maximum Gasteiger partial charge on any atom is 0.337 e. The molecule has 0 spiro atoms. The van der Waals surface area contributed by atoms with Gasteiger partial charge in [-0.3, -0.25) is 4.79 Å². The van der Waals surface area contributed by atoms with E-state index in [1.807, 2.05) is 0 Å². The number of hydrogen-bond acceptors (Lipinski definition) is 5. The third-order valence-electron chi connectivity index (χ3n) is 3.02. The van der Waals surface area contributed by atoms with E-state index in [4.69, 9.17) is 16.7 Å². The number of carboxylic acids is 1. The molecule has 0 bridgehead atoms. The Hall–Kier alpha value is -1.64. The number of hydrogen-bond donors (Lipinski definition) is 2. The van der Waals surface area contributed by atoms with Gasteiger partial charge in [-0.1, -0.05) is 11.6 Å². The third-order valence-corrected chi connectivity index (χ3v) is 5.20. The largest absolute Gasteiger partial charge is 0.481 e. The number of carboxylic acid groups (broad SMARTS) is 1. The summed E-state index contributed by atoms with van der Waals surface area (Å²) in [6.07, 6.45) is -0.0655. The number of rotatable bonds is 7. The van der Waals surface area contributed by atoms with Gasteiger partial charge >= 0.3 is 11.9 Å². The first-order chi connectivity index (χ1) is 10.5. The number of aliphatic carboxylic acids is 1. The van der Waals surface area contributed by atoms with Crippen LogP contribution in [0.25, 0.3) is 0 Å². The molecule has 7 nitrogen and oxygen atoms in total. The first-order valence-corrected chi connectivity index (χ1v) is 8.48. The quantitative estimate of drug-likeness (QED) is 0.717. The summed E-state index contributed by atoms with van der Waals surface area (Å²) in [5.74, 6) is -1.65. The van der Waals surface area contributed by atoms with Crippen LogP contribution in [0.4, 0.5) is 0 Å². The Bertz CT molecular complexity index is 714. The summed E-state index contributed by atoms with van der Waals surface area (Å²) in [5, 5.41) is 8.57. The molecule has 23 heavy (non-hydrogen) atoms. The van der Waals surface area contributed by atoms with Crippen LogP contribution in [0.1, 0.15) is 37.0 Å². The van der Waals surface area contributed by atoms with Gasteiger partial charge in [0.1, 0.15) is 4.90 Å². The topological polar surface area (TPSA) is 110 Å². The van der Waals surface area contributed by atoms with Gasteiger partial charge in [0.2, 0.25) is 10.0 Å². The molecule has 1 aromatic rings. The van der Waals surface area contributed by atoms with E-state index in [-0.39, 0.29) is 28.3 Å². The normalized spacial score (nSPS) is 12.0. The van der Waals surface area contributed by atoms with Crippen molar-refractivity contribution in [3.05, 3.63) is 28.8 Å². The van der Waals surface area contributed by atoms with E-state index in [1.165, 1.54) is 25.3 Å². The number of nitrogens with one attached hydrogen (secondary N) is 1. The van der Waals surface area contributed by atoms with Gasteiger partial charge in [-0.25, -0.2) is 17.9 Å². The van der Waals surface area contributed by atoms with Gasteiger partial charge in [-0.05, 0) is 38.5 Å². The number of carbonyl (C=O) groups excluding carboxylic acids is 1. The van der Waals surface area contributed by atoms with Crippen LogP contribution in [-0.4, -0.2) is 38.1 Å². The average molecular weight is 364 g/mol. The number of carbonyl (C=O) groups is 2. The van der Waals surface area contributed by atoms with E-state index >= 15 is 0 Å². The lowest BCUT2D eigenvalue weighted by molar-refractivity contribution is -0.137. The van der Waals surface area contributed by atoms with Crippen molar-refractivity contribution < 1.29 is 27.9 Å². The minimum absolute atomic E-state index is 0.111. The number of halogens is 1. The standard InChI is InChI=1S/C14H18ClNO6S/c1-14(2,7-6-12(17)18)16-23(20,21)11-5-4-9(8-10(11)15)13(19)22-3/h4-5,8,16H,6-7H2,1-3H3,(H,17,18). The summed E-state index contributed by atoms with van der Waals surface area (Å²) in [7, 11) is -2.77. The monoisotopic (exact) mass is 363 g/mol. The molecule has 0 saturated carbocycles. The van der Waals surface area contributed by atoms with Gasteiger partial charge in [-0.2, -0.15) is 0 Å². The van der Waals surface area contributed by atoms with Crippen molar-refractivity contribution >= 4 is 33.6 Å². The molecular weight excluding hydrogens is 346 g/mol. The molecule has 0 atom stereocenters. The zero-order chi connectivity index (χ0) is 17.8. The summed E-state index contributed by atoms with van der Waals surface area (Å²) in [4.78, 5) is 21.8. The first kappa shape index (κ1) is 19.4. The Kier molecular flexibility index (Phi) is 6.15. The number of sulfonamides is 1. The summed E-state index contributed by atoms with van der Waals surface area (Å²) in [6, 6.07) is 3.69. The lowest BCUT2D eigenvalue weighted by Crippen LogP contribution is -2.43. The van der Waals surface area contributed by atoms with Gasteiger partial charge < -0.3 is 9.84 Å². The Morgan fingerprint density at radius 2 is 1.96 bits per heavy atom. The second kappa shape index (κ2) is 7.29. The highest BCUT2D eigenvalue weighted by Crippen LogP contribution is 2.25. The minimum atomic E-state index is -3.97. The molecule has 0 fully saturated rings. The SMILES string of the molecule is COC(=O)c1ccc(S(=O)(=O)NC(C)(C)CCC(=O)O)c(Cl)c1. The van der Waals surface area contributed by atoms with E-state index in [2.05, 4.69) is 9.46 Å². The number of benzene rings is 1. The van der Waals surface area contributed by atoms with Gasteiger partial charge in [0, 0.05) is 12.0 Å². The number of ether oxygens (including phenoxy) is 1. The summed E-state index contributed by atoms with van der Waals surface area (Å²) >= 11 is 5.95. The molecule has 1 rings (SSSR count). The van der Waals surface area contributed by atoms with Crippen molar-refractivity contribution in [2.75, 3.05) is 7.11 Å². The third kappa shape index (κ3) is 5.49. The Morgan fingerprint density at radius 1 is 1.35 bits per heavy atom. The van der Waals surface area contributed by atoms with Crippen molar-refractivity contribution in [2.45, 2.75) is 37.1 Å². The Labute approximate surface area is 139 Å². The number of esters is 1. The van der Waals surface area contributed by atoms with Gasteiger partial charge in [0.05, 0.1) is 17.7 Å². The van der Waals surface area contributed by atoms with Crippen molar-refractivity contribution in [3.8, 4) is 0 Å². The molecule has 0 heterocycles. The van der Waals surface area contributed by atoms with Gasteiger partial charge in [0.25, 0.3) is 0 Å². The fourth-order valence-electron chi connectivity index (χ4n) is 1.85. The molecule has 0 aliphatic heterocycles. The molecule has 0 radical (unpaired) electrons. The van der Waals surface area contributed by atoms with Crippen molar-refractivity contribution in [3.63, 3.8) is 0 Å². The van der Waals surface area contributed by atoms with Crippen molar-refractivity contribution in [1.29, 1.82) is 0 Å². The molecule has 128 valence electrons. The summed E-state index contributed by atoms with van der Waals surface area (Å²) in [5.41, 5.74) is -0.844. The predicted octanol–water partition coefficient (Wildman–Crippen LogP) is 2.05. The van der Waals surface area contributed by atoms with Crippen LogP contribution in [0.15, 0.2) is 23.1 Å². The molecule has 2 N–H and O–H groups in total. The highest BCUT2D eigenvalue weighted by molar-refractivity contribution is 7.89. The van der Waals surface area contributed by atoms with E-state index < -0.39 is 27.5 Å². The molecule has 1 aromatic carbocycles. The molecule has 0 saturated heterocycles. The van der Waals surface area contributed by atoms with Crippen LogP contribution >= 0.6 is 11.6 Å². The smallest absolute Gasteiger partial charge is 0.337 e. The number of methoxy groups -OCH3 is 1. The maximum atomic E-state index is 12.4. The zero-order valence-corrected chi connectivity index (χ0v) is 14.5. The van der Waals surface area contributed by atoms with E-state index in [0.717, 1.165) is 0 Å². The van der Waals surface area contributed by atoms with Crippen molar-refractivity contribution in [2.24, 2.45) is 0 Å². The highest BCUT2D eigenvalue weighted by atomic mass is 35.5. The first-order valence-electron chi connectivity index (χ1n) is 6.62. The van der Waals surface area contributed by atoms with Crippen LogP contribution in [0, 0.1) is 0 Å². The fraction of sp³-hybridized carbons (Fsp3) is 0.429. The average Bonchev–Trinajstić information content (AvgIpc) is 2.42. The molecule has 0 unspecified atom stereocenters. The lowest BCUT2D eigenvalue weighted by Gasteiger charge is -2.25. The molecule has 0 aromatic heterocycles. The molecular formula is C14H18ClNO6S. The predicted molar refractivity (Wildman–Crippen MR) is 84.1 cm³/mol. The second-order valence-electron chi connectivity index (χ2n) is 5.52. The van der Waals surface area contributed by atoms with E-state index in [0.29, 0.717) is 0 Å². The van der Waals surface area contributed by atoms with Crippen LogP contribution < -0.4 is 4.72 Å². The van der Waals surface area contributed by atoms with Crippen LogP contribution in [0.3, 0.4) is 0 Å². The Balaban J connectivity index is 3.04. The van der Waals surface area contributed by atoms with E-state index in [1.54, 1.807) is 13.8 Å². The van der Waals surface area contributed by atoms with Crippen LogP contribution in [0.2, 0.25) is 5.02 Å².